The van der Waals surface area contributed by atoms with Gasteiger partial charge in [-0.1, -0.05) is 80.6 Å². The Morgan fingerprint density at radius 3 is 2.34 bits per heavy atom. The van der Waals surface area contributed by atoms with Crippen molar-refractivity contribution in [3.05, 3.63) is 83.7 Å². The number of aromatic nitrogens is 3. The van der Waals surface area contributed by atoms with Crippen LogP contribution in [-0.2, 0) is 24.3 Å². The van der Waals surface area contributed by atoms with Gasteiger partial charge in [-0.3, -0.25) is 4.57 Å². The number of nitrogens with zero attached hydrogens (tertiary/aromatic N) is 3. The molecule has 0 aliphatic heterocycles. The third-order valence-corrected chi connectivity index (χ3v) is 5.72. The van der Waals surface area contributed by atoms with Crippen molar-refractivity contribution in [2.45, 2.75) is 57.2 Å². The van der Waals surface area contributed by atoms with Crippen LogP contribution < -0.4 is 4.74 Å². The first kappa shape index (κ1) is 21.2. The molecule has 3 aromatic rings. The lowest BCUT2D eigenvalue weighted by atomic mass is 9.87. The molecule has 0 saturated carbocycles. The fraction of sp³-hybridized carbons (Fsp3) is 0.333. The zero-order valence-electron chi connectivity index (χ0n) is 17.7. The van der Waals surface area contributed by atoms with Crippen LogP contribution in [0.2, 0.25) is 0 Å². The second-order valence-corrected chi connectivity index (χ2v) is 9.08. The zero-order chi connectivity index (χ0) is 20.9. The molecule has 1 aromatic heterocycles. The number of rotatable bonds is 8. The zero-order valence-corrected chi connectivity index (χ0v) is 18.5. The summed E-state index contributed by atoms with van der Waals surface area (Å²) < 4.78 is 8.03. The van der Waals surface area contributed by atoms with Gasteiger partial charge in [-0.05, 0) is 35.6 Å². The van der Waals surface area contributed by atoms with Crippen molar-refractivity contribution < 1.29 is 4.74 Å². The van der Waals surface area contributed by atoms with Gasteiger partial charge in [0.1, 0.15) is 12.4 Å². The van der Waals surface area contributed by atoms with Crippen molar-refractivity contribution in [1.29, 1.82) is 0 Å². The maximum atomic E-state index is 5.97. The minimum atomic E-state index is 0.131. The third kappa shape index (κ3) is 5.73. The van der Waals surface area contributed by atoms with E-state index in [1.807, 2.05) is 18.2 Å². The van der Waals surface area contributed by atoms with E-state index in [2.05, 4.69) is 85.4 Å². The molecule has 0 bridgehead atoms. The summed E-state index contributed by atoms with van der Waals surface area (Å²) in [5, 5.41) is 9.61. The van der Waals surface area contributed by atoms with Crippen molar-refractivity contribution in [3.63, 3.8) is 0 Å². The van der Waals surface area contributed by atoms with Crippen molar-refractivity contribution in [2.24, 2.45) is 0 Å². The Morgan fingerprint density at radius 1 is 1.03 bits per heavy atom. The number of allylic oxidation sites excluding steroid dienone is 1. The summed E-state index contributed by atoms with van der Waals surface area (Å²) >= 11 is 1.68. The van der Waals surface area contributed by atoms with Crippen molar-refractivity contribution in [3.8, 4) is 5.75 Å². The van der Waals surface area contributed by atoms with Crippen molar-refractivity contribution in [2.75, 3.05) is 0 Å². The first-order valence-corrected chi connectivity index (χ1v) is 10.8. The number of hydrogen-bond acceptors (Lipinski definition) is 4. The van der Waals surface area contributed by atoms with Crippen LogP contribution >= 0.6 is 11.8 Å². The highest BCUT2D eigenvalue weighted by Gasteiger charge is 2.15. The number of thioether (sulfide) groups is 1. The molecule has 0 unspecified atom stereocenters. The van der Waals surface area contributed by atoms with Gasteiger partial charge < -0.3 is 4.74 Å². The van der Waals surface area contributed by atoms with Crippen LogP contribution in [0.1, 0.15) is 43.3 Å². The summed E-state index contributed by atoms with van der Waals surface area (Å²) in [5.74, 6) is 2.49. The van der Waals surface area contributed by atoms with Crippen LogP contribution in [0.4, 0.5) is 0 Å². The molecule has 0 atom stereocenters. The highest BCUT2D eigenvalue weighted by atomic mass is 32.2. The Morgan fingerprint density at radius 2 is 1.72 bits per heavy atom. The Kier molecular flexibility index (Phi) is 6.80. The van der Waals surface area contributed by atoms with E-state index in [4.69, 9.17) is 4.74 Å². The minimum absolute atomic E-state index is 0.131. The van der Waals surface area contributed by atoms with Crippen LogP contribution in [0, 0.1) is 6.92 Å². The fourth-order valence-corrected chi connectivity index (χ4v) is 3.80. The topological polar surface area (TPSA) is 39.9 Å². The summed E-state index contributed by atoms with van der Waals surface area (Å²) in [6.45, 7) is 13.6. The van der Waals surface area contributed by atoms with E-state index in [-0.39, 0.29) is 5.41 Å². The lowest BCUT2D eigenvalue weighted by Crippen LogP contribution is -2.11. The van der Waals surface area contributed by atoms with E-state index in [9.17, 15) is 0 Å². The molecule has 2 aromatic carbocycles. The fourth-order valence-electron chi connectivity index (χ4n) is 2.88. The summed E-state index contributed by atoms with van der Waals surface area (Å²) in [6.07, 6.45) is 1.86. The quantitative estimate of drug-likeness (QED) is 0.342. The Bertz CT molecular complexity index is 938. The van der Waals surface area contributed by atoms with E-state index in [1.54, 1.807) is 11.8 Å². The van der Waals surface area contributed by atoms with Gasteiger partial charge in [0.2, 0.25) is 0 Å². The normalized spacial score (nSPS) is 11.4. The molecule has 3 rings (SSSR count). The molecule has 4 nitrogen and oxygen atoms in total. The summed E-state index contributed by atoms with van der Waals surface area (Å²) in [6, 6.07) is 16.8. The van der Waals surface area contributed by atoms with E-state index in [0.29, 0.717) is 13.2 Å². The smallest absolute Gasteiger partial charge is 0.191 e. The Hall–Kier alpha value is -2.53. The first-order valence-electron chi connectivity index (χ1n) is 9.81. The van der Waals surface area contributed by atoms with Crippen LogP contribution in [0.3, 0.4) is 0 Å². The van der Waals surface area contributed by atoms with E-state index in [0.717, 1.165) is 22.5 Å². The molecule has 29 heavy (non-hydrogen) atoms. The Balaban J connectivity index is 1.66. The lowest BCUT2D eigenvalue weighted by molar-refractivity contribution is 0.289. The first-order chi connectivity index (χ1) is 13.9. The van der Waals surface area contributed by atoms with Gasteiger partial charge in [0.15, 0.2) is 11.0 Å². The SMILES string of the molecule is C=CCn1c(COc2ccc(C(C)(C)C)cc2)nnc1SCc1ccc(C)cc1. The maximum Gasteiger partial charge on any atom is 0.191 e. The lowest BCUT2D eigenvalue weighted by Gasteiger charge is -2.19. The second-order valence-electron chi connectivity index (χ2n) is 8.14. The average Bonchev–Trinajstić information content (AvgIpc) is 3.07. The highest BCUT2D eigenvalue weighted by molar-refractivity contribution is 7.98. The monoisotopic (exact) mass is 407 g/mol. The predicted molar refractivity (Wildman–Crippen MR) is 120 cm³/mol. The predicted octanol–water partition coefficient (Wildman–Crippen LogP) is 5.94. The van der Waals surface area contributed by atoms with Gasteiger partial charge in [-0.15, -0.1) is 16.8 Å². The van der Waals surface area contributed by atoms with Crippen LogP contribution in [0.15, 0.2) is 66.3 Å². The highest BCUT2D eigenvalue weighted by Crippen LogP contribution is 2.25. The van der Waals surface area contributed by atoms with E-state index >= 15 is 0 Å². The van der Waals surface area contributed by atoms with Gasteiger partial charge >= 0.3 is 0 Å². The molecule has 0 radical (unpaired) electrons. The molecule has 0 spiro atoms. The Labute approximate surface area is 178 Å². The molecule has 1 heterocycles. The maximum absolute atomic E-state index is 5.97. The van der Waals surface area contributed by atoms with Crippen LogP contribution in [-0.4, -0.2) is 14.8 Å². The molecule has 0 aliphatic rings. The molecule has 152 valence electrons. The molecule has 0 saturated heterocycles. The van der Waals surface area contributed by atoms with E-state index in [1.165, 1.54) is 16.7 Å². The van der Waals surface area contributed by atoms with Gasteiger partial charge in [0.25, 0.3) is 0 Å². The van der Waals surface area contributed by atoms with Gasteiger partial charge in [0.05, 0.1) is 0 Å². The van der Waals surface area contributed by atoms with Gasteiger partial charge in [-0.2, -0.15) is 0 Å². The van der Waals surface area contributed by atoms with Crippen molar-refractivity contribution in [1.82, 2.24) is 14.8 Å². The third-order valence-electron chi connectivity index (χ3n) is 4.68. The van der Waals surface area contributed by atoms with Crippen LogP contribution in [0.25, 0.3) is 0 Å². The van der Waals surface area contributed by atoms with E-state index < -0.39 is 0 Å². The number of ether oxygens (including phenoxy) is 1. The molecular formula is C24H29N3OS. The van der Waals surface area contributed by atoms with Gasteiger partial charge in [0, 0.05) is 12.3 Å². The molecule has 5 heteroatoms. The average molecular weight is 408 g/mol. The van der Waals surface area contributed by atoms with Gasteiger partial charge in [-0.25, -0.2) is 0 Å². The molecular weight excluding hydrogens is 378 g/mol. The molecule has 0 N–H and O–H groups in total. The summed E-state index contributed by atoms with van der Waals surface area (Å²) in [4.78, 5) is 0. The molecule has 0 amide bonds. The largest absolute Gasteiger partial charge is 0.486 e. The molecule has 0 fully saturated rings. The number of aryl methyl sites for hydroxylation is 1. The number of benzene rings is 2. The second kappa shape index (κ2) is 9.31. The molecule has 0 aliphatic carbocycles. The standard InChI is InChI=1S/C24H29N3OS/c1-6-15-27-22(16-28-21-13-11-20(12-14-21)24(3,4)5)25-26-23(27)29-17-19-9-7-18(2)8-10-19/h6-14H,1,15-17H2,2-5H3. The minimum Gasteiger partial charge on any atom is -0.486 e. The van der Waals surface area contributed by atoms with Crippen molar-refractivity contribution >= 4 is 11.8 Å². The summed E-state index contributed by atoms with van der Waals surface area (Å²) in [5.41, 5.74) is 3.95. The summed E-state index contributed by atoms with van der Waals surface area (Å²) in [7, 11) is 0. The number of hydrogen-bond donors (Lipinski definition) is 0. The van der Waals surface area contributed by atoms with Crippen LogP contribution in [0.5, 0.6) is 5.75 Å².